The number of hydrazone groups is 1. The van der Waals surface area contributed by atoms with Crippen molar-refractivity contribution in [1.82, 2.24) is 5.43 Å². The van der Waals surface area contributed by atoms with E-state index < -0.39 is 11.9 Å². The fourth-order valence-corrected chi connectivity index (χ4v) is 1.71. The number of nitrogens with two attached hydrogens (primary N) is 1. The van der Waals surface area contributed by atoms with Crippen molar-refractivity contribution in [2.45, 2.75) is 0 Å². The van der Waals surface area contributed by atoms with E-state index in [0.29, 0.717) is 16.8 Å². The Morgan fingerprint density at radius 1 is 1.14 bits per heavy atom. The first kappa shape index (κ1) is 14.3. The average molecular weight is 283 g/mol. The third-order valence-corrected chi connectivity index (χ3v) is 2.71. The van der Waals surface area contributed by atoms with E-state index in [-0.39, 0.29) is 5.56 Å². The molecule has 0 saturated carbocycles. The number of carbonyl (C=O) groups excluding carboxylic acids is 1. The normalized spacial score (nSPS) is 10.5. The van der Waals surface area contributed by atoms with Crippen LogP contribution in [0.4, 0.5) is 5.69 Å². The van der Waals surface area contributed by atoms with Gasteiger partial charge in [0.25, 0.3) is 5.91 Å². The first-order valence-corrected chi connectivity index (χ1v) is 6.09. The van der Waals surface area contributed by atoms with E-state index in [4.69, 9.17) is 10.8 Å². The predicted molar refractivity (Wildman–Crippen MR) is 79.3 cm³/mol. The van der Waals surface area contributed by atoms with Gasteiger partial charge in [-0.05, 0) is 24.3 Å². The van der Waals surface area contributed by atoms with E-state index in [1.54, 1.807) is 36.4 Å². The van der Waals surface area contributed by atoms with Crippen LogP contribution in [0, 0.1) is 0 Å². The number of hydrogen-bond donors (Lipinski definition) is 3. The zero-order valence-corrected chi connectivity index (χ0v) is 11.0. The molecule has 0 radical (unpaired) electrons. The molecule has 106 valence electrons. The predicted octanol–water partition coefficient (Wildman–Crippen LogP) is 1.73. The van der Waals surface area contributed by atoms with Crippen molar-refractivity contribution >= 4 is 23.8 Å². The van der Waals surface area contributed by atoms with Crippen LogP contribution in [-0.4, -0.2) is 23.2 Å². The monoisotopic (exact) mass is 283 g/mol. The summed E-state index contributed by atoms with van der Waals surface area (Å²) in [6, 6.07) is 12.8. The Morgan fingerprint density at radius 2 is 1.90 bits per heavy atom. The van der Waals surface area contributed by atoms with E-state index in [2.05, 4.69) is 10.5 Å². The number of aromatic carboxylic acids is 1. The standard InChI is InChI=1S/C15H13N3O3/c16-12-6-3-5-10(8-12)14(19)18-17-9-11-4-1-2-7-13(11)15(20)21/h1-9H,16H2,(H,18,19)(H,20,21)/b17-9-. The molecule has 2 aromatic rings. The number of carbonyl (C=O) groups is 2. The summed E-state index contributed by atoms with van der Waals surface area (Å²) in [6.45, 7) is 0. The molecule has 1 amide bonds. The van der Waals surface area contributed by atoms with Crippen molar-refractivity contribution in [1.29, 1.82) is 0 Å². The molecule has 21 heavy (non-hydrogen) atoms. The molecule has 0 atom stereocenters. The van der Waals surface area contributed by atoms with Crippen LogP contribution in [0.25, 0.3) is 0 Å². The SMILES string of the molecule is Nc1cccc(C(=O)N/N=C\c2ccccc2C(=O)O)c1. The Hall–Kier alpha value is -3.15. The maximum Gasteiger partial charge on any atom is 0.336 e. The molecule has 4 N–H and O–H groups in total. The Balaban J connectivity index is 2.09. The maximum atomic E-state index is 11.8. The van der Waals surface area contributed by atoms with E-state index in [0.717, 1.165) is 0 Å². The van der Waals surface area contributed by atoms with Crippen molar-refractivity contribution in [3.63, 3.8) is 0 Å². The van der Waals surface area contributed by atoms with Crippen LogP contribution in [0.15, 0.2) is 53.6 Å². The molecule has 6 nitrogen and oxygen atoms in total. The van der Waals surface area contributed by atoms with E-state index in [1.807, 2.05) is 0 Å². The van der Waals surface area contributed by atoms with E-state index in [9.17, 15) is 9.59 Å². The Kier molecular flexibility index (Phi) is 4.30. The van der Waals surface area contributed by atoms with E-state index >= 15 is 0 Å². The van der Waals surface area contributed by atoms with Crippen molar-refractivity contribution in [2.24, 2.45) is 5.10 Å². The highest BCUT2D eigenvalue weighted by atomic mass is 16.4. The van der Waals surface area contributed by atoms with Gasteiger partial charge in [-0.15, -0.1) is 0 Å². The van der Waals surface area contributed by atoms with Gasteiger partial charge in [-0.25, -0.2) is 10.2 Å². The molecule has 0 spiro atoms. The van der Waals surface area contributed by atoms with Gasteiger partial charge in [-0.2, -0.15) is 5.10 Å². The summed E-state index contributed by atoms with van der Waals surface area (Å²) >= 11 is 0. The zero-order chi connectivity index (χ0) is 15.2. The molecule has 0 aliphatic carbocycles. The molecule has 6 heteroatoms. The fourth-order valence-electron chi connectivity index (χ4n) is 1.71. The molecule has 0 aromatic heterocycles. The first-order chi connectivity index (χ1) is 10.1. The molecule has 2 rings (SSSR count). The molecule has 0 aliphatic rings. The second-order valence-corrected chi connectivity index (χ2v) is 4.22. The first-order valence-electron chi connectivity index (χ1n) is 6.09. The quantitative estimate of drug-likeness (QED) is 0.451. The minimum absolute atomic E-state index is 0.111. The van der Waals surface area contributed by atoms with Gasteiger partial charge in [0.15, 0.2) is 0 Å². The Bertz CT molecular complexity index is 711. The van der Waals surface area contributed by atoms with Gasteiger partial charge in [-0.3, -0.25) is 4.79 Å². The molecular weight excluding hydrogens is 270 g/mol. The number of rotatable bonds is 4. The highest BCUT2D eigenvalue weighted by molar-refractivity contribution is 5.99. The lowest BCUT2D eigenvalue weighted by Crippen LogP contribution is -2.18. The molecule has 0 saturated heterocycles. The lowest BCUT2D eigenvalue weighted by Gasteiger charge is -2.02. The molecule has 0 aliphatic heterocycles. The van der Waals surface area contributed by atoms with Crippen molar-refractivity contribution in [3.8, 4) is 0 Å². The van der Waals surface area contributed by atoms with Crippen LogP contribution >= 0.6 is 0 Å². The zero-order valence-electron chi connectivity index (χ0n) is 11.0. The van der Waals surface area contributed by atoms with Gasteiger partial charge in [0.05, 0.1) is 11.8 Å². The second kappa shape index (κ2) is 6.33. The molecule has 0 fully saturated rings. The number of nitrogen functional groups attached to an aromatic ring is 1. The Labute approximate surface area is 120 Å². The minimum atomic E-state index is -1.06. The lowest BCUT2D eigenvalue weighted by molar-refractivity contribution is 0.0696. The summed E-state index contributed by atoms with van der Waals surface area (Å²) in [5.74, 6) is -1.48. The van der Waals surface area contributed by atoms with Gasteiger partial charge in [0.1, 0.15) is 0 Å². The third-order valence-electron chi connectivity index (χ3n) is 2.71. The van der Waals surface area contributed by atoms with Crippen LogP contribution in [0.3, 0.4) is 0 Å². The fraction of sp³-hybridized carbons (Fsp3) is 0. The number of anilines is 1. The molecule has 0 unspecified atom stereocenters. The third kappa shape index (κ3) is 3.66. The molecule has 0 heterocycles. The molecule has 2 aromatic carbocycles. The number of carboxylic acid groups (broad SMARTS) is 1. The van der Waals surface area contributed by atoms with Crippen LogP contribution in [0.5, 0.6) is 0 Å². The molecular formula is C15H13N3O3. The Morgan fingerprint density at radius 3 is 2.62 bits per heavy atom. The maximum absolute atomic E-state index is 11.8. The topological polar surface area (TPSA) is 105 Å². The summed E-state index contributed by atoms with van der Waals surface area (Å²) in [5.41, 5.74) is 9.27. The number of carboxylic acids is 1. The lowest BCUT2D eigenvalue weighted by atomic mass is 10.1. The van der Waals surface area contributed by atoms with Gasteiger partial charge in [-0.1, -0.05) is 24.3 Å². The van der Waals surface area contributed by atoms with Gasteiger partial charge in [0, 0.05) is 16.8 Å². The number of hydrogen-bond acceptors (Lipinski definition) is 4. The summed E-state index contributed by atoms with van der Waals surface area (Å²) in [7, 11) is 0. The van der Waals surface area contributed by atoms with Crippen molar-refractivity contribution < 1.29 is 14.7 Å². The van der Waals surface area contributed by atoms with Crippen molar-refractivity contribution in [2.75, 3.05) is 5.73 Å². The van der Waals surface area contributed by atoms with E-state index in [1.165, 1.54) is 18.3 Å². The van der Waals surface area contributed by atoms with Gasteiger partial charge < -0.3 is 10.8 Å². The summed E-state index contributed by atoms with van der Waals surface area (Å²) in [6.07, 6.45) is 1.29. The highest BCUT2D eigenvalue weighted by Crippen LogP contribution is 2.07. The van der Waals surface area contributed by atoms with Crippen LogP contribution < -0.4 is 11.2 Å². The van der Waals surface area contributed by atoms with Crippen LogP contribution in [0.2, 0.25) is 0 Å². The summed E-state index contributed by atoms with van der Waals surface area (Å²) < 4.78 is 0. The average Bonchev–Trinajstić information content (AvgIpc) is 2.47. The number of benzene rings is 2. The van der Waals surface area contributed by atoms with Crippen LogP contribution in [0.1, 0.15) is 26.3 Å². The number of nitrogens with one attached hydrogen (secondary N) is 1. The van der Waals surface area contributed by atoms with Gasteiger partial charge in [0.2, 0.25) is 0 Å². The highest BCUT2D eigenvalue weighted by Gasteiger charge is 2.07. The van der Waals surface area contributed by atoms with Crippen molar-refractivity contribution in [3.05, 3.63) is 65.2 Å². The minimum Gasteiger partial charge on any atom is -0.478 e. The summed E-state index contributed by atoms with van der Waals surface area (Å²) in [5, 5.41) is 12.8. The van der Waals surface area contributed by atoms with Crippen LogP contribution in [-0.2, 0) is 0 Å². The smallest absolute Gasteiger partial charge is 0.336 e. The van der Waals surface area contributed by atoms with Gasteiger partial charge >= 0.3 is 5.97 Å². The molecule has 0 bridgehead atoms. The number of nitrogens with zero attached hydrogens (tertiary/aromatic N) is 1. The summed E-state index contributed by atoms with van der Waals surface area (Å²) in [4.78, 5) is 22.8. The number of amides is 1. The largest absolute Gasteiger partial charge is 0.478 e. The second-order valence-electron chi connectivity index (χ2n) is 4.22.